The van der Waals surface area contributed by atoms with Crippen LogP contribution in [0.1, 0.15) is 57.6 Å². The van der Waals surface area contributed by atoms with Crippen molar-refractivity contribution in [3.05, 3.63) is 65.5 Å². The molecule has 11 heteroatoms. The van der Waals surface area contributed by atoms with Gasteiger partial charge in [0.25, 0.3) is 0 Å². The number of Topliss-reactive ketones (excluding diaryl/α,β-unsaturated/α-hetero) is 1. The highest BCUT2D eigenvalue weighted by Gasteiger charge is 2.75. The lowest BCUT2D eigenvalue weighted by atomic mass is 9.38. The van der Waals surface area contributed by atoms with Crippen LogP contribution >= 0.6 is 0 Å². The standard InChI is InChI=1S/C29H33F4N3O3S/c1-19(2)13-24(37)26(3)18-34-25(35(26)4)27-15-28(16-27,17-27)36(40(38,39)23-11-9-22(30)10-12-23)14-20-5-7-21(8-6-20)29(31,32)33/h5-12,19H,13-18H2,1-4H3/t26-,27?,28?/m1/s1. The highest BCUT2D eigenvalue weighted by molar-refractivity contribution is 7.89. The number of benzene rings is 2. The second kappa shape index (κ2) is 9.37. The Morgan fingerprint density at radius 3 is 2.15 bits per heavy atom. The van der Waals surface area contributed by atoms with Gasteiger partial charge in [-0.25, -0.2) is 12.8 Å². The molecule has 0 saturated heterocycles. The molecule has 4 aliphatic rings. The van der Waals surface area contributed by atoms with Crippen molar-refractivity contribution >= 4 is 21.6 Å². The van der Waals surface area contributed by atoms with Crippen molar-refractivity contribution < 1.29 is 30.8 Å². The van der Waals surface area contributed by atoms with Gasteiger partial charge >= 0.3 is 6.18 Å². The minimum atomic E-state index is -4.50. The van der Waals surface area contributed by atoms with Crippen molar-refractivity contribution in [3.63, 3.8) is 0 Å². The molecule has 2 aromatic rings. The number of amidine groups is 1. The summed E-state index contributed by atoms with van der Waals surface area (Å²) in [7, 11) is -2.24. The van der Waals surface area contributed by atoms with Gasteiger partial charge in [0.2, 0.25) is 10.0 Å². The van der Waals surface area contributed by atoms with E-state index < -0.39 is 38.7 Å². The van der Waals surface area contributed by atoms with Crippen LogP contribution in [-0.4, -0.2) is 53.9 Å². The summed E-state index contributed by atoms with van der Waals surface area (Å²) in [6, 6.07) is 9.01. The van der Waals surface area contributed by atoms with Gasteiger partial charge in [-0.05, 0) is 74.1 Å². The molecular weight excluding hydrogens is 546 g/mol. The summed E-state index contributed by atoms with van der Waals surface area (Å²) >= 11 is 0. The Morgan fingerprint density at radius 2 is 1.62 bits per heavy atom. The van der Waals surface area contributed by atoms with Crippen LogP contribution in [0.2, 0.25) is 0 Å². The number of likely N-dealkylation sites (N-methyl/N-ethyl adjacent to an activating group) is 1. The summed E-state index contributed by atoms with van der Waals surface area (Å²) in [6.45, 7) is 6.11. The van der Waals surface area contributed by atoms with Crippen LogP contribution in [0.15, 0.2) is 58.4 Å². The zero-order chi connectivity index (χ0) is 29.3. The predicted molar refractivity (Wildman–Crippen MR) is 143 cm³/mol. The van der Waals surface area contributed by atoms with Crippen molar-refractivity contribution in [2.24, 2.45) is 16.3 Å². The SMILES string of the molecule is CC(C)CC(=O)[C@@]1(C)CN=C(C23CC(N(Cc4ccc(C(F)(F)F)cc4)S(=O)(=O)c4ccc(F)cc4)(C2)C3)N1C. The fourth-order valence-electron chi connectivity index (χ4n) is 6.51. The van der Waals surface area contributed by atoms with E-state index in [1.165, 1.54) is 28.6 Å². The molecule has 0 aromatic heterocycles. The molecule has 2 bridgehead atoms. The molecule has 1 aliphatic heterocycles. The number of alkyl halides is 3. The Morgan fingerprint density at radius 1 is 1.05 bits per heavy atom. The molecule has 0 N–H and O–H groups in total. The number of hydrogen-bond acceptors (Lipinski definition) is 5. The summed E-state index contributed by atoms with van der Waals surface area (Å²) in [6.07, 6.45) is -2.61. The normalized spacial score (nSPS) is 27.9. The minimum absolute atomic E-state index is 0.0817. The summed E-state index contributed by atoms with van der Waals surface area (Å²) in [5.74, 6) is 0.570. The molecule has 3 saturated carbocycles. The third-order valence-corrected chi connectivity index (χ3v) is 10.8. The van der Waals surface area contributed by atoms with Crippen LogP contribution in [0.3, 0.4) is 0 Å². The molecule has 6 nitrogen and oxygen atoms in total. The van der Waals surface area contributed by atoms with E-state index in [0.29, 0.717) is 37.8 Å². The van der Waals surface area contributed by atoms with Crippen LogP contribution in [0.25, 0.3) is 0 Å². The van der Waals surface area contributed by atoms with Gasteiger partial charge in [-0.3, -0.25) is 9.79 Å². The van der Waals surface area contributed by atoms with Gasteiger partial charge in [-0.1, -0.05) is 26.0 Å². The first-order valence-electron chi connectivity index (χ1n) is 13.3. The third kappa shape index (κ3) is 4.55. The molecule has 216 valence electrons. The van der Waals surface area contributed by atoms with Gasteiger partial charge in [0.15, 0.2) is 5.78 Å². The quantitative estimate of drug-likeness (QED) is 0.359. The van der Waals surface area contributed by atoms with Crippen molar-refractivity contribution in [2.75, 3.05) is 13.6 Å². The number of carbonyl (C=O) groups is 1. The van der Waals surface area contributed by atoms with Crippen molar-refractivity contribution in [2.45, 2.75) is 75.1 Å². The molecule has 3 aliphatic carbocycles. The van der Waals surface area contributed by atoms with E-state index >= 15 is 0 Å². The van der Waals surface area contributed by atoms with E-state index in [2.05, 4.69) is 0 Å². The number of aliphatic imine (C=N–C) groups is 1. The van der Waals surface area contributed by atoms with Gasteiger partial charge in [0, 0.05) is 31.0 Å². The van der Waals surface area contributed by atoms with Crippen LogP contribution in [-0.2, 0) is 27.5 Å². The fourth-order valence-corrected chi connectivity index (χ4v) is 8.26. The summed E-state index contributed by atoms with van der Waals surface area (Å²) in [5, 5.41) is 0. The van der Waals surface area contributed by atoms with Gasteiger partial charge in [-0.2, -0.15) is 17.5 Å². The maximum absolute atomic E-state index is 13.9. The zero-order valence-corrected chi connectivity index (χ0v) is 23.7. The Kier molecular flexibility index (Phi) is 6.73. The molecule has 0 unspecified atom stereocenters. The monoisotopic (exact) mass is 579 g/mol. The van der Waals surface area contributed by atoms with Gasteiger partial charge in [0.1, 0.15) is 17.2 Å². The number of ketones is 1. The summed E-state index contributed by atoms with van der Waals surface area (Å²) < 4.78 is 82.0. The summed E-state index contributed by atoms with van der Waals surface area (Å²) in [5.41, 5.74) is -2.25. The van der Waals surface area contributed by atoms with Gasteiger partial charge in [-0.15, -0.1) is 0 Å². The lowest BCUT2D eigenvalue weighted by molar-refractivity contribution is -0.155. The molecule has 40 heavy (non-hydrogen) atoms. The van der Waals surface area contributed by atoms with E-state index in [0.717, 1.165) is 30.1 Å². The number of sulfonamides is 1. The van der Waals surface area contributed by atoms with Gasteiger partial charge in [0.05, 0.1) is 17.0 Å². The Hall–Kier alpha value is -2.79. The maximum Gasteiger partial charge on any atom is 0.416 e. The first kappa shape index (κ1) is 28.7. The Labute approximate surface area is 232 Å². The number of hydrogen-bond donors (Lipinski definition) is 0. The highest BCUT2D eigenvalue weighted by atomic mass is 32.2. The highest BCUT2D eigenvalue weighted by Crippen LogP contribution is 2.72. The topological polar surface area (TPSA) is 70.0 Å². The Bertz CT molecular complexity index is 1430. The van der Waals surface area contributed by atoms with Crippen LogP contribution in [0.5, 0.6) is 0 Å². The smallest absolute Gasteiger partial charge is 0.349 e. The van der Waals surface area contributed by atoms with Crippen LogP contribution in [0, 0.1) is 17.2 Å². The van der Waals surface area contributed by atoms with E-state index in [1.54, 1.807) is 0 Å². The average molecular weight is 580 g/mol. The minimum Gasteiger partial charge on any atom is -0.349 e. The maximum atomic E-state index is 13.9. The molecule has 0 spiro atoms. The number of rotatable bonds is 9. The molecule has 6 rings (SSSR count). The first-order valence-corrected chi connectivity index (χ1v) is 14.7. The van der Waals surface area contributed by atoms with E-state index in [9.17, 15) is 30.8 Å². The second-order valence-electron chi connectivity index (χ2n) is 12.2. The van der Waals surface area contributed by atoms with E-state index in [1.807, 2.05) is 32.7 Å². The first-order chi connectivity index (χ1) is 18.5. The largest absolute Gasteiger partial charge is 0.416 e. The summed E-state index contributed by atoms with van der Waals surface area (Å²) in [4.78, 5) is 19.7. The van der Waals surface area contributed by atoms with Crippen LogP contribution in [0.4, 0.5) is 17.6 Å². The molecule has 1 atom stereocenters. The molecule has 3 fully saturated rings. The van der Waals surface area contributed by atoms with Crippen molar-refractivity contribution in [1.29, 1.82) is 0 Å². The second-order valence-corrected chi connectivity index (χ2v) is 14.1. The average Bonchev–Trinajstić information content (AvgIpc) is 3.12. The molecule has 2 aromatic carbocycles. The van der Waals surface area contributed by atoms with Crippen molar-refractivity contribution in [1.82, 2.24) is 9.21 Å². The molecular formula is C29H33F4N3O3S. The van der Waals surface area contributed by atoms with Crippen LogP contribution < -0.4 is 0 Å². The predicted octanol–water partition coefficient (Wildman–Crippen LogP) is 5.68. The number of halogens is 4. The lowest BCUT2D eigenvalue weighted by Crippen LogP contribution is -2.78. The number of nitrogens with zero attached hydrogens (tertiary/aromatic N) is 3. The molecule has 0 amide bonds. The van der Waals surface area contributed by atoms with E-state index in [-0.39, 0.29) is 28.6 Å². The lowest BCUT2D eigenvalue weighted by Gasteiger charge is -2.73. The molecule has 1 heterocycles. The van der Waals surface area contributed by atoms with E-state index in [4.69, 9.17) is 4.99 Å². The fraction of sp³-hybridized carbons (Fsp3) is 0.517. The number of carbonyl (C=O) groups excluding carboxylic acids is 1. The third-order valence-electron chi connectivity index (χ3n) is 8.80. The zero-order valence-electron chi connectivity index (χ0n) is 22.9. The Balaban J connectivity index is 1.41. The van der Waals surface area contributed by atoms with Gasteiger partial charge < -0.3 is 4.90 Å². The molecule has 0 radical (unpaired) electrons. The van der Waals surface area contributed by atoms with Crippen molar-refractivity contribution in [3.8, 4) is 0 Å².